The van der Waals surface area contributed by atoms with E-state index in [2.05, 4.69) is 11.7 Å². The quantitative estimate of drug-likeness (QED) is 0.789. The maximum atomic E-state index is 12.5. The lowest BCUT2D eigenvalue weighted by molar-refractivity contribution is 0.0555. The van der Waals surface area contributed by atoms with Gasteiger partial charge in [-0.15, -0.1) is 0 Å². The summed E-state index contributed by atoms with van der Waals surface area (Å²) in [5.41, 5.74) is 0.224. The summed E-state index contributed by atoms with van der Waals surface area (Å²) in [7, 11) is -3.52. The summed E-state index contributed by atoms with van der Waals surface area (Å²) in [6, 6.07) is 7.31. The first-order valence-corrected chi connectivity index (χ1v) is 8.53. The molecule has 0 aliphatic carbocycles. The molecule has 0 unspecified atom stereocenters. The molecule has 1 aromatic rings. The van der Waals surface area contributed by atoms with E-state index >= 15 is 0 Å². The molecule has 1 saturated heterocycles. The molecule has 2 rings (SSSR count). The Balaban J connectivity index is 2.12. The number of nitrogens with zero attached hydrogens (tertiary/aromatic N) is 2. The van der Waals surface area contributed by atoms with Crippen LogP contribution in [-0.2, 0) is 14.8 Å². The van der Waals surface area contributed by atoms with Crippen LogP contribution in [0.3, 0.4) is 0 Å². The Kier molecular flexibility index (Phi) is 5.16. The number of carbonyl (C=O) groups is 1. The van der Waals surface area contributed by atoms with Gasteiger partial charge in [0.05, 0.1) is 10.5 Å². The van der Waals surface area contributed by atoms with Crippen LogP contribution in [0.2, 0.25) is 0 Å². The summed E-state index contributed by atoms with van der Waals surface area (Å²) in [6.07, 6.45) is 1.72. The number of ether oxygens (including phenoxy) is 1. The summed E-state index contributed by atoms with van der Waals surface area (Å²) >= 11 is 0. The highest BCUT2D eigenvalue weighted by Gasteiger charge is 2.28. The summed E-state index contributed by atoms with van der Waals surface area (Å²) in [6.45, 7) is 2.83. The Morgan fingerprint density at radius 1 is 1.32 bits per heavy atom. The number of benzene rings is 1. The van der Waals surface area contributed by atoms with Crippen LogP contribution in [0.25, 0.3) is 0 Å². The molecule has 1 aliphatic rings. The van der Waals surface area contributed by atoms with E-state index in [0.29, 0.717) is 19.0 Å². The molecule has 0 aromatic heterocycles. The predicted octanol–water partition coefficient (Wildman–Crippen LogP) is 1.79. The third kappa shape index (κ3) is 3.64. The van der Waals surface area contributed by atoms with Gasteiger partial charge >= 0.3 is 5.97 Å². The molecule has 0 spiro atoms. The second kappa shape index (κ2) is 6.90. The van der Waals surface area contributed by atoms with Crippen LogP contribution in [0.1, 0.15) is 30.1 Å². The van der Waals surface area contributed by atoms with Crippen molar-refractivity contribution in [2.24, 2.45) is 5.92 Å². The highest BCUT2D eigenvalue weighted by molar-refractivity contribution is 7.89. The summed E-state index contributed by atoms with van der Waals surface area (Å²) in [5, 5.41) is 8.36. The van der Waals surface area contributed by atoms with Gasteiger partial charge in [0.25, 0.3) is 0 Å². The molecule has 0 N–H and O–H groups in total. The van der Waals surface area contributed by atoms with E-state index in [1.807, 2.05) is 0 Å². The maximum absolute atomic E-state index is 12.5. The van der Waals surface area contributed by atoms with Gasteiger partial charge in [-0.3, -0.25) is 0 Å². The highest BCUT2D eigenvalue weighted by atomic mass is 32.2. The van der Waals surface area contributed by atoms with Crippen molar-refractivity contribution in [2.45, 2.75) is 24.7 Å². The predicted molar refractivity (Wildman–Crippen MR) is 79.5 cm³/mol. The SMILES string of the molecule is CC1CCN(S(=O)(=O)c2ccc(C(=O)OCC#N)cc2)CC1. The third-order valence-corrected chi connectivity index (χ3v) is 5.65. The number of sulfonamides is 1. The fourth-order valence-corrected chi connectivity index (χ4v) is 3.79. The van der Waals surface area contributed by atoms with Gasteiger partial charge in [0.1, 0.15) is 6.07 Å². The molecule has 118 valence electrons. The van der Waals surface area contributed by atoms with Gasteiger partial charge in [-0.05, 0) is 43.0 Å². The number of hydrogen-bond donors (Lipinski definition) is 0. The molecular weight excluding hydrogens is 304 g/mol. The zero-order valence-corrected chi connectivity index (χ0v) is 13.2. The van der Waals surface area contributed by atoms with Crippen LogP contribution in [0.4, 0.5) is 0 Å². The Morgan fingerprint density at radius 2 is 1.91 bits per heavy atom. The molecule has 0 atom stereocenters. The smallest absolute Gasteiger partial charge is 0.339 e. The third-order valence-electron chi connectivity index (χ3n) is 3.74. The average Bonchev–Trinajstić information content (AvgIpc) is 2.53. The van der Waals surface area contributed by atoms with E-state index in [0.717, 1.165) is 12.8 Å². The van der Waals surface area contributed by atoms with E-state index in [1.54, 1.807) is 6.07 Å². The van der Waals surface area contributed by atoms with E-state index in [4.69, 9.17) is 5.26 Å². The minimum atomic E-state index is -3.52. The minimum Gasteiger partial charge on any atom is -0.447 e. The average molecular weight is 322 g/mol. The van der Waals surface area contributed by atoms with E-state index in [1.165, 1.54) is 28.6 Å². The van der Waals surface area contributed by atoms with Crippen molar-refractivity contribution < 1.29 is 17.9 Å². The van der Waals surface area contributed by atoms with Gasteiger partial charge in [-0.25, -0.2) is 13.2 Å². The Bertz CT molecular complexity index is 668. The number of carbonyl (C=O) groups excluding carboxylic acids is 1. The second-order valence-electron chi connectivity index (χ2n) is 5.35. The molecule has 6 nitrogen and oxygen atoms in total. The number of rotatable bonds is 4. The summed E-state index contributed by atoms with van der Waals surface area (Å²) in [5.74, 6) is -0.0963. The molecule has 1 heterocycles. The zero-order valence-electron chi connectivity index (χ0n) is 12.4. The zero-order chi connectivity index (χ0) is 16.2. The molecule has 0 bridgehead atoms. The van der Waals surface area contributed by atoms with Crippen molar-refractivity contribution >= 4 is 16.0 Å². The Morgan fingerprint density at radius 3 is 2.45 bits per heavy atom. The van der Waals surface area contributed by atoms with Crippen molar-refractivity contribution in [3.8, 4) is 6.07 Å². The van der Waals surface area contributed by atoms with E-state index in [9.17, 15) is 13.2 Å². The molecule has 0 saturated carbocycles. The van der Waals surface area contributed by atoms with Crippen LogP contribution in [-0.4, -0.2) is 38.4 Å². The lowest BCUT2D eigenvalue weighted by Crippen LogP contribution is -2.37. The molecule has 0 amide bonds. The van der Waals surface area contributed by atoms with Crippen molar-refractivity contribution in [1.82, 2.24) is 4.31 Å². The Hall–Kier alpha value is -1.91. The largest absolute Gasteiger partial charge is 0.447 e. The summed E-state index contributed by atoms with van der Waals surface area (Å²) < 4.78 is 31.2. The van der Waals surface area contributed by atoms with Gasteiger partial charge in [0.15, 0.2) is 6.61 Å². The van der Waals surface area contributed by atoms with Gasteiger partial charge in [-0.1, -0.05) is 6.92 Å². The lowest BCUT2D eigenvalue weighted by atomic mass is 10.0. The maximum Gasteiger partial charge on any atom is 0.339 e. The molecule has 22 heavy (non-hydrogen) atoms. The van der Waals surface area contributed by atoms with Gasteiger partial charge in [-0.2, -0.15) is 9.57 Å². The van der Waals surface area contributed by atoms with Crippen molar-refractivity contribution in [2.75, 3.05) is 19.7 Å². The molecular formula is C15H18N2O4S. The van der Waals surface area contributed by atoms with Crippen molar-refractivity contribution in [3.63, 3.8) is 0 Å². The fourth-order valence-electron chi connectivity index (χ4n) is 2.32. The number of hydrogen-bond acceptors (Lipinski definition) is 5. The molecule has 1 aromatic carbocycles. The van der Waals surface area contributed by atoms with Crippen LogP contribution < -0.4 is 0 Å². The summed E-state index contributed by atoms with van der Waals surface area (Å²) in [4.78, 5) is 11.7. The first-order chi connectivity index (χ1) is 10.4. The number of esters is 1. The van der Waals surface area contributed by atoms with Crippen molar-refractivity contribution in [1.29, 1.82) is 5.26 Å². The van der Waals surface area contributed by atoms with Crippen LogP contribution in [0.15, 0.2) is 29.2 Å². The van der Waals surface area contributed by atoms with Gasteiger partial charge < -0.3 is 4.74 Å². The lowest BCUT2D eigenvalue weighted by Gasteiger charge is -2.29. The van der Waals surface area contributed by atoms with Crippen LogP contribution in [0.5, 0.6) is 0 Å². The van der Waals surface area contributed by atoms with Gasteiger partial charge in [0, 0.05) is 13.1 Å². The van der Waals surface area contributed by atoms with Crippen LogP contribution in [0, 0.1) is 17.2 Å². The normalized spacial score (nSPS) is 16.9. The number of piperidine rings is 1. The Labute approximate surface area is 130 Å². The molecule has 0 radical (unpaired) electrons. The first-order valence-electron chi connectivity index (χ1n) is 7.09. The number of nitriles is 1. The van der Waals surface area contributed by atoms with Crippen molar-refractivity contribution in [3.05, 3.63) is 29.8 Å². The molecule has 1 fully saturated rings. The second-order valence-corrected chi connectivity index (χ2v) is 7.28. The fraction of sp³-hybridized carbons (Fsp3) is 0.467. The standard InChI is InChI=1S/C15H18N2O4S/c1-12-6-9-17(10-7-12)22(19,20)14-4-2-13(3-5-14)15(18)21-11-8-16/h2-5,12H,6-7,9-11H2,1H3. The van der Waals surface area contributed by atoms with Crippen LogP contribution >= 0.6 is 0 Å². The van der Waals surface area contributed by atoms with E-state index in [-0.39, 0.29) is 17.1 Å². The molecule has 7 heteroatoms. The monoisotopic (exact) mass is 322 g/mol. The van der Waals surface area contributed by atoms with Gasteiger partial charge in [0.2, 0.25) is 10.0 Å². The first kappa shape index (κ1) is 16.5. The minimum absolute atomic E-state index is 0.166. The molecule has 1 aliphatic heterocycles. The highest BCUT2D eigenvalue weighted by Crippen LogP contribution is 2.23. The van der Waals surface area contributed by atoms with E-state index < -0.39 is 16.0 Å². The topological polar surface area (TPSA) is 87.5 Å².